The standard InChI is InChI=1S/C20H21NO3/c1-20(19(23)24)12-13-21(14-20)18(22)17(15-8-4-2-5-9-15)16-10-6-3-7-11-16/h2-11,17H,12-14H2,1H3,(H,23,24). The highest BCUT2D eigenvalue weighted by Gasteiger charge is 2.43. The van der Waals surface area contributed by atoms with Gasteiger partial charge in [-0.2, -0.15) is 0 Å². The van der Waals surface area contributed by atoms with Crippen molar-refractivity contribution in [3.05, 3.63) is 71.8 Å². The fraction of sp³-hybridized carbons (Fsp3) is 0.300. The highest BCUT2D eigenvalue weighted by Crippen LogP contribution is 2.34. The maximum Gasteiger partial charge on any atom is 0.311 e. The molecule has 1 aliphatic rings. The maximum atomic E-state index is 13.2. The van der Waals surface area contributed by atoms with E-state index in [0.717, 1.165) is 11.1 Å². The van der Waals surface area contributed by atoms with Gasteiger partial charge in [-0.15, -0.1) is 0 Å². The number of carbonyl (C=O) groups is 2. The molecular formula is C20H21NO3. The van der Waals surface area contributed by atoms with E-state index in [1.807, 2.05) is 60.7 Å². The molecule has 1 unspecified atom stereocenters. The van der Waals surface area contributed by atoms with Gasteiger partial charge in [-0.05, 0) is 24.5 Å². The van der Waals surface area contributed by atoms with Crippen LogP contribution in [0.15, 0.2) is 60.7 Å². The summed E-state index contributed by atoms with van der Waals surface area (Å²) in [6.45, 7) is 2.46. The van der Waals surface area contributed by atoms with Gasteiger partial charge in [0.1, 0.15) is 0 Å². The first-order valence-electron chi connectivity index (χ1n) is 8.13. The lowest BCUT2D eigenvalue weighted by Gasteiger charge is -2.25. The molecule has 0 spiro atoms. The van der Waals surface area contributed by atoms with Crippen molar-refractivity contribution in [1.29, 1.82) is 0 Å². The molecular weight excluding hydrogens is 302 g/mol. The number of hydrogen-bond acceptors (Lipinski definition) is 2. The Morgan fingerprint density at radius 3 is 1.92 bits per heavy atom. The molecule has 1 fully saturated rings. The molecule has 1 N–H and O–H groups in total. The van der Waals surface area contributed by atoms with Crippen molar-refractivity contribution < 1.29 is 14.7 Å². The quantitative estimate of drug-likeness (QED) is 0.940. The van der Waals surface area contributed by atoms with Gasteiger partial charge in [-0.25, -0.2) is 0 Å². The van der Waals surface area contributed by atoms with E-state index in [4.69, 9.17) is 0 Å². The second-order valence-electron chi connectivity index (χ2n) is 6.63. The van der Waals surface area contributed by atoms with Crippen LogP contribution in [0, 0.1) is 5.41 Å². The van der Waals surface area contributed by atoms with Crippen LogP contribution in [0.2, 0.25) is 0 Å². The van der Waals surface area contributed by atoms with Crippen molar-refractivity contribution in [2.75, 3.05) is 13.1 Å². The number of rotatable bonds is 4. The molecule has 2 aromatic carbocycles. The van der Waals surface area contributed by atoms with Crippen molar-refractivity contribution in [1.82, 2.24) is 4.90 Å². The Morgan fingerprint density at radius 1 is 1.00 bits per heavy atom. The van der Waals surface area contributed by atoms with Crippen LogP contribution in [0.5, 0.6) is 0 Å². The number of carboxylic acids is 1. The Morgan fingerprint density at radius 2 is 1.50 bits per heavy atom. The molecule has 1 atom stereocenters. The first-order valence-corrected chi connectivity index (χ1v) is 8.13. The van der Waals surface area contributed by atoms with Gasteiger partial charge in [0.2, 0.25) is 5.91 Å². The van der Waals surface area contributed by atoms with Crippen molar-refractivity contribution in [3.8, 4) is 0 Å². The van der Waals surface area contributed by atoms with Gasteiger partial charge in [0.05, 0.1) is 11.3 Å². The monoisotopic (exact) mass is 323 g/mol. The van der Waals surface area contributed by atoms with Gasteiger partial charge in [0, 0.05) is 13.1 Å². The molecule has 0 aliphatic carbocycles. The van der Waals surface area contributed by atoms with Crippen LogP contribution in [0.3, 0.4) is 0 Å². The largest absolute Gasteiger partial charge is 0.481 e. The number of amides is 1. The predicted octanol–water partition coefficient (Wildman–Crippen LogP) is 3.14. The van der Waals surface area contributed by atoms with Crippen LogP contribution < -0.4 is 0 Å². The van der Waals surface area contributed by atoms with Gasteiger partial charge in [0.15, 0.2) is 0 Å². The summed E-state index contributed by atoms with van der Waals surface area (Å²) in [5.74, 6) is -1.27. The third-order valence-electron chi connectivity index (χ3n) is 4.81. The van der Waals surface area contributed by atoms with E-state index in [2.05, 4.69) is 0 Å². The molecule has 0 radical (unpaired) electrons. The molecule has 2 aromatic rings. The highest BCUT2D eigenvalue weighted by molar-refractivity contribution is 5.88. The number of aliphatic carboxylic acids is 1. The molecule has 4 nitrogen and oxygen atoms in total. The zero-order valence-corrected chi connectivity index (χ0v) is 13.7. The molecule has 0 aromatic heterocycles. The van der Waals surface area contributed by atoms with Crippen LogP contribution >= 0.6 is 0 Å². The Hall–Kier alpha value is -2.62. The lowest BCUT2D eigenvalue weighted by atomic mass is 9.89. The van der Waals surface area contributed by atoms with Gasteiger partial charge in [-0.3, -0.25) is 9.59 Å². The summed E-state index contributed by atoms with van der Waals surface area (Å²) in [6, 6.07) is 19.3. The van der Waals surface area contributed by atoms with Crippen LogP contribution in [-0.2, 0) is 9.59 Å². The second kappa shape index (κ2) is 6.48. The topological polar surface area (TPSA) is 57.6 Å². The second-order valence-corrected chi connectivity index (χ2v) is 6.63. The summed E-state index contributed by atoms with van der Waals surface area (Å²) in [4.78, 5) is 26.3. The van der Waals surface area contributed by atoms with Gasteiger partial charge in [0.25, 0.3) is 0 Å². The van der Waals surface area contributed by atoms with Crippen molar-refractivity contribution >= 4 is 11.9 Å². The van der Waals surface area contributed by atoms with Gasteiger partial charge in [-0.1, -0.05) is 60.7 Å². The van der Waals surface area contributed by atoms with E-state index in [9.17, 15) is 14.7 Å². The molecule has 1 aliphatic heterocycles. The Labute approximate surface area is 141 Å². The van der Waals surface area contributed by atoms with Crippen LogP contribution in [0.25, 0.3) is 0 Å². The molecule has 24 heavy (non-hydrogen) atoms. The summed E-state index contributed by atoms with van der Waals surface area (Å²) >= 11 is 0. The first-order chi connectivity index (χ1) is 11.5. The Balaban J connectivity index is 1.92. The fourth-order valence-corrected chi connectivity index (χ4v) is 3.27. The maximum absolute atomic E-state index is 13.2. The predicted molar refractivity (Wildman–Crippen MR) is 91.7 cm³/mol. The molecule has 1 heterocycles. The molecule has 4 heteroatoms. The van der Waals surface area contributed by atoms with Crippen LogP contribution in [0.4, 0.5) is 0 Å². The van der Waals surface area contributed by atoms with Gasteiger partial charge < -0.3 is 10.0 Å². The third-order valence-corrected chi connectivity index (χ3v) is 4.81. The number of likely N-dealkylation sites (tertiary alicyclic amines) is 1. The molecule has 1 amide bonds. The van der Waals surface area contributed by atoms with E-state index in [1.54, 1.807) is 11.8 Å². The molecule has 0 bridgehead atoms. The number of hydrogen-bond donors (Lipinski definition) is 1. The average molecular weight is 323 g/mol. The summed E-state index contributed by atoms with van der Waals surface area (Å²) in [6.07, 6.45) is 0.490. The lowest BCUT2D eigenvalue weighted by molar-refractivity contribution is -0.147. The Bertz CT molecular complexity index is 690. The molecule has 3 rings (SSSR count). The van der Waals surface area contributed by atoms with Crippen LogP contribution in [-0.4, -0.2) is 35.0 Å². The van der Waals surface area contributed by atoms with E-state index in [-0.39, 0.29) is 12.5 Å². The van der Waals surface area contributed by atoms with E-state index in [0.29, 0.717) is 13.0 Å². The van der Waals surface area contributed by atoms with Gasteiger partial charge >= 0.3 is 5.97 Å². The smallest absolute Gasteiger partial charge is 0.311 e. The molecule has 0 saturated carbocycles. The van der Waals surface area contributed by atoms with Crippen molar-refractivity contribution in [2.45, 2.75) is 19.3 Å². The number of benzene rings is 2. The first kappa shape index (κ1) is 16.2. The summed E-state index contributed by atoms with van der Waals surface area (Å²) in [7, 11) is 0. The van der Waals surface area contributed by atoms with E-state index < -0.39 is 17.3 Å². The zero-order valence-electron chi connectivity index (χ0n) is 13.7. The molecule has 1 saturated heterocycles. The van der Waals surface area contributed by atoms with E-state index in [1.165, 1.54) is 0 Å². The number of carboxylic acid groups (broad SMARTS) is 1. The summed E-state index contributed by atoms with van der Waals surface area (Å²) in [5.41, 5.74) is 1.00. The SMILES string of the molecule is CC1(C(=O)O)CCN(C(=O)C(c2ccccc2)c2ccccc2)C1. The number of carbonyl (C=O) groups excluding carboxylic acids is 1. The fourth-order valence-electron chi connectivity index (χ4n) is 3.27. The van der Waals surface area contributed by atoms with E-state index >= 15 is 0 Å². The van der Waals surface area contributed by atoms with Crippen molar-refractivity contribution in [3.63, 3.8) is 0 Å². The highest BCUT2D eigenvalue weighted by atomic mass is 16.4. The minimum atomic E-state index is -0.854. The third kappa shape index (κ3) is 3.04. The lowest BCUT2D eigenvalue weighted by Crippen LogP contribution is -2.37. The Kier molecular flexibility index (Phi) is 4.38. The number of nitrogens with zero attached hydrogens (tertiary/aromatic N) is 1. The average Bonchev–Trinajstić information content (AvgIpc) is 3.01. The normalized spacial score (nSPS) is 20.3. The molecule has 124 valence electrons. The minimum Gasteiger partial charge on any atom is -0.481 e. The summed E-state index contributed by atoms with van der Waals surface area (Å²) in [5, 5.41) is 9.41. The van der Waals surface area contributed by atoms with Crippen LogP contribution in [0.1, 0.15) is 30.4 Å². The summed E-state index contributed by atoms with van der Waals surface area (Å²) < 4.78 is 0. The van der Waals surface area contributed by atoms with Crippen molar-refractivity contribution in [2.24, 2.45) is 5.41 Å². The zero-order chi connectivity index (χ0) is 17.2. The minimum absolute atomic E-state index is 0.0302.